The molecule has 9 nitrogen and oxygen atoms in total. The number of esters is 1. The average Bonchev–Trinajstić information content (AvgIpc) is 3.47. The normalized spacial score (nSPS) is 48.8. The van der Waals surface area contributed by atoms with Crippen LogP contribution in [0.2, 0.25) is 0 Å². The highest BCUT2D eigenvalue weighted by atomic mass is 16.5. The van der Waals surface area contributed by atoms with Crippen LogP contribution in [0.25, 0.3) is 0 Å². The number of ether oxygens (including phenoxy) is 2. The number of hydrogen-bond donors (Lipinski definition) is 3. The van der Waals surface area contributed by atoms with Crippen molar-refractivity contribution in [3.63, 3.8) is 0 Å². The summed E-state index contributed by atoms with van der Waals surface area (Å²) in [6.07, 6.45) is 6.02. The lowest BCUT2D eigenvalue weighted by Crippen LogP contribution is -2.59. The highest BCUT2D eigenvalue weighted by molar-refractivity contribution is 5.71. The maximum atomic E-state index is 12.5. The summed E-state index contributed by atoms with van der Waals surface area (Å²) in [7, 11) is 0. The van der Waals surface area contributed by atoms with Gasteiger partial charge < -0.3 is 24.8 Å². The van der Waals surface area contributed by atoms with Gasteiger partial charge in [-0.05, 0) is 92.8 Å². The summed E-state index contributed by atoms with van der Waals surface area (Å²) in [6.45, 7) is 8.81. The molecule has 1 unspecified atom stereocenters. The molecule has 0 aromatic rings. The molecule has 3 N–H and O–H groups in total. The number of fused-ring (bicyclic) bond motifs is 10. The maximum Gasteiger partial charge on any atom is 0.327 e. The van der Waals surface area contributed by atoms with E-state index in [2.05, 4.69) is 31.1 Å². The predicted molar refractivity (Wildman–Crippen MR) is 141 cm³/mol. The van der Waals surface area contributed by atoms with Crippen molar-refractivity contribution in [3.8, 4) is 0 Å². The van der Waals surface area contributed by atoms with Crippen LogP contribution in [0.15, 0.2) is 10.3 Å². The molecule has 3 heterocycles. The van der Waals surface area contributed by atoms with Crippen LogP contribution in [0, 0.1) is 40.4 Å². The van der Waals surface area contributed by atoms with E-state index in [-0.39, 0.29) is 59.9 Å². The molecule has 3 aliphatic heterocycles. The lowest BCUT2D eigenvalue weighted by molar-refractivity contribution is -0.181. The fourth-order valence-corrected chi connectivity index (χ4v) is 9.18. The summed E-state index contributed by atoms with van der Waals surface area (Å²) in [6, 6.07) is -0.0691. The molecule has 6 bridgehead atoms. The highest BCUT2D eigenvalue weighted by Crippen LogP contribution is 2.63. The Morgan fingerprint density at radius 1 is 0.974 bits per heavy atom. The van der Waals surface area contributed by atoms with Crippen LogP contribution in [0.3, 0.4) is 0 Å². The molecule has 0 amide bonds. The quantitative estimate of drug-likeness (QED) is 0.406. The molecular weight excluding hydrogens is 486 g/mol. The van der Waals surface area contributed by atoms with Crippen LogP contribution in [0.1, 0.15) is 78.6 Å². The average molecular weight is 536 g/mol. The second-order valence-corrected chi connectivity index (χ2v) is 13.5. The molecule has 3 aliphatic carbocycles. The summed E-state index contributed by atoms with van der Waals surface area (Å²) in [5, 5.41) is 44.2. The Bertz CT molecular complexity index is 873. The van der Waals surface area contributed by atoms with Crippen molar-refractivity contribution in [2.24, 2.45) is 50.8 Å². The molecule has 38 heavy (non-hydrogen) atoms. The van der Waals surface area contributed by atoms with E-state index in [1.54, 1.807) is 5.01 Å². The zero-order valence-electron chi connectivity index (χ0n) is 23.5. The highest BCUT2D eigenvalue weighted by Gasteiger charge is 2.62. The SMILES string of the molecule is C[C@@H]1CCCOCC2CN(CC(=O)OCC[C@@H]3C[C@H](O)CC[C@@]3(C)[C@H]3C[C@H](O)[C@@]4(C)[C@@H]1CC[C@H]4[C@@H]3O)N=N2. The van der Waals surface area contributed by atoms with Gasteiger partial charge >= 0.3 is 5.97 Å². The third kappa shape index (κ3) is 5.25. The number of nitrogens with zero attached hydrogens (tertiary/aromatic N) is 3. The first-order valence-electron chi connectivity index (χ1n) is 15.1. The lowest BCUT2D eigenvalue weighted by Gasteiger charge is -2.58. The van der Waals surface area contributed by atoms with Crippen LogP contribution < -0.4 is 0 Å². The summed E-state index contributed by atoms with van der Waals surface area (Å²) in [4.78, 5) is 12.5. The van der Waals surface area contributed by atoms with Crippen molar-refractivity contribution in [3.05, 3.63) is 0 Å². The van der Waals surface area contributed by atoms with Crippen molar-refractivity contribution in [2.75, 3.05) is 32.9 Å². The molecule has 0 radical (unpaired) electrons. The Hall–Kier alpha value is -1.29. The molecule has 0 aromatic heterocycles. The molecule has 5 fully saturated rings. The zero-order valence-corrected chi connectivity index (χ0v) is 23.5. The van der Waals surface area contributed by atoms with Gasteiger partial charge in [-0.2, -0.15) is 5.11 Å². The van der Waals surface area contributed by atoms with Gasteiger partial charge in [-0.25, -0.2) is 0 Å². The minimum atomic E-state index is -0.475. The van der Waals surface area contributed by atoms with Gasteiger partial charge in [0.15, 0.2) is 0 Å². The van der Waals surface area contributed by atoms with E-state index < -0.39 is 12.2 Å². The van der Waals surface area contributed by atoms with E-state index in [1.165, 1.54) is 0 Å². The topological polar surface area (TPSA) is 124 Å². The maximum absolute atomic E-state index is 12.5. The minimum Gasteiger partial charge on any atom is -0.464 e. The van der Waals surface area contributed by atoms with Gasteiger partial charge in [0.1, 0.15) is 12.6 Å². The third-order valence-electron chi connectivity index (χ3n) is 11.5. The lowest BCUT2D eigenvalue weighted by atomic mass is 9.49. The van der Waals surface area contributed by atoms with Crippen LogP contribution in [-0.4, -0.2) is 83.6 Å². The predicted octanol–water partition coefficient (Wildman–Crippen LogP) is 3.36. The Balaban J connectivity index is 1.37. The van der Waals surface area contributed by atoms with Crippen molar-refractivity contribution in [1.29, 1.82) is 0 Å². The first kappa shape index (κ1) is 28.2. The standard InChI is InChI=1S/C29H49N3O6/c1-18-5-4-11-37-17-20-15-32(31-30-20)16-26(35)38-12-9-19-13-21(33)8-10-28(19,2)24-14-25(34)29(3)22(18)6-7-23(29)27(24)36/h18-25,27,33-34,36H,4-17H2,1-3H3/t18-,19-,20?,21-,22-,23+,24+,25+,27+,28-,29+/m1/s1. The molecule has 0 spiro atoms. The van der Waals surface area contributed by atoms with Gasteiger partial charge in [0.25, 0.3) is 0 Å². The van der Waals surface area contributed by atoms with Gasteiger partial charge in [0, 0.05) is 12.0 Å². The Labute approximate surface area is 227 Å². The van der Waals surface area contributed by atoms with Crippen LogP contribution >= 0.6 is 0 Å². The van der Waals surface area contributed by atoms with Crippen molar-refractivity contribution < 1.29 is 29.6 Å². The number of rotatable bonds is 0. The second kappa shape index (κ2) is 11.3. The molecule has 9 heteroatoms. The van der Waals surface area contributed by atoms with Gasteiger partial charge in [-0.3, -0.25) is 9.80 Å². The fraction of sp³-hybridized carbons (Fsp3) is 0.966. The molecule has 216 valence electrons. The first-order chi connectivity index (χ1) is 18.1. The van der Waals surface area contributed by atoms with Crippen molar-refractivity contribution >= 4 is 5.97 Å². The van der Waals surface area contributed by atoms with Gasteiger partial charge in [0.2, 0.25) is 0 Å². The van der Waals surface area contributed by atoms with Crippen LogP contribution in [0.5, 0.6) is 0 Å². The Kier molecular flexibility index (Phi) is 8.40. The van der Waals surface area contributed by atoms with Crippen molar-refractivity contribution in [1.82, 2.24) is 5.01 Å². The molecule has 2 saturated heterocycles. The molecule has 0 aromatic carbocycles. The number of aliphatic hydroxyl groups excluding tert-OH is 3. The van der Waals surface area contributed by atoms with Crippen molar-refractivity contribution in [2.45, 2.75) is 103 Å². The summed E-state index contributed by atoms with van der Waals surface area (Å²) in [5.74, 6) is 0.631. The second-order valence-electron chi connectivity index (χ2n) is 13.5. The molecular formula is C29H49N3O6. The van der Waals surface area contributed by atoms with E-state index in [9.17, 15) is 20.1 Å². The van der Waals surface area contributed by atoms with E-state index in [0.29, 0.717) is 57.3 Å². The molecule has 6 rings (SSSR count). The van der Waals surface area contributed by atoms with Gasteiger partial charge in [-0.1, -0.05) is 26.0 Å². The zero-order chi connectivity index (χ0) is 27.1. The largest absolute Gasteiger partial charge is 0.464 e. The first-order valence-corrected chi connectivity index (χ1v) is 15.1. The smallest absolute Gasteiger partial charge is 0.327 e. The Morgan fingerprint density at radius 3 is 2.58 bits per heavy atom. The molecule has 11 atom stereocenters. The van der Waals surface area contributed by atoms with Crippen LogP contribution in [0.4, 0.5) is 0 Å². The van der Waals surface area contributed by atoms with E-state index in [4.69, 9.17) is 9.47 Å². The third-order valence-corrected chi connectivity index (χ3v) is 11.5. The summed E-state index contributed by atoms with van der Waals surface area (Å²) in [5.41, 5.74) is -0.526. The van der Waals surface area contributed by atoms with Crippen LogP contribution in [-0.2, 0) is 14.3 Å². The van der Waals surface area contributed by atoms with E-state index >= 15 is 0 Å². The number of carbonyl (C=O) groups is 1. The monoisotopic (exact) mass is 535 g/mol. The van der Waals surface area contributed by atoms with Gasteiger partial charge in [0.05, 0.1) is 38.1 Å². The molecule has 6 aliphatic rings. The fourth-order valence-electron chi connectivity index (χ4n) is 9.18. The van der Waals surface area contributed by atoms with E-state index in [0.717, 1.165) is 32.1 Å². The summed E-state index contributed by atoms with van der Waals surface area (Å²) < 4.78 is 11.5. The number of hydrogen-bond acceptors (Lipinski definition) is 9. The minimum absolute atomic E-state index is 0.0396. The molecule has 3 saturated carbocycles. The Morgan fingerprint density at radius 2 is 1.76 bits per heavy atom. The number of aliphatic hydroxyl groups is 3. The van der Waals surface area contributed by atoms with Gasteiger partial charge in [-0.15, -0.1) is 0 Å². The van der Waals surface area contributed by atoms with E-state index in [1.807, 2.05) is 0 Å². The summed E-state index contributed by atoms with van der Waals surface area (Å²) >= 11 is 0. The number of carbonyl (C=O) groups excluding carboxylic acids is 1.